The average Bonchev–Trinajstić information content (AvgIpc) is 3.11. The highest BCUT2D eigenvalue weighted by atomic mass is 32.1. The molecule has 7 rings (SSSR count). The van der Waals surface area contributed by atoms with Crippen LogP contribution in [0.4, 0.5) is 0 Å². The van der Waals surface area contributed by atoms with Crippen molar-refractivity contribution in [2.45, 2.75) is 65.0 Å². The minimum absolute atomic E-state index is 0.0174. The number of carbonyl (C=O) groups excluding carboxylic acids is 1. The maximum atomic E-state index is 13.2. The van der Waals surface area contributed by atoms with Crippen LogP contribution in [0.5, 0.6) is 0 Å². The topological polar surface area (TPSA) is 64.0 Å². The standard InChI is InChI=1S/C25H29N3O2S/c1-14-23-22(19-5-3-4-6-20(19)31-23)24(30)28(27-14)13-21(29)26-15(2)25-10-16-7-17(11-25)9-18(8-16)12-25/h3-6,15-18H,7-13H2,1-2H3,(H,26,29)/t15-,16?,17?,18?,25?/m0/s1. The second kappa shape index (κ2) is 6.89. The Morgan fingerprint density at radius 2 is 1.84 bits per heavy atom. The minimum Gasteiger partial charge on any atom is -0.351 e. The quantitative estimate of drug-likeness (QED) is 0.649. The van der Waals surface area contributed by atoms with E-state index < -0.39 is 0 Å². The van der Waals surface area contributed by atoms with Crippen LogP contribution in [0.3, 0.4) is 0 Å². The van der Waals surface area contributed by atoms with E-state index in [1.54, 1.807) is 11.3 Å². The SMILES string of the molecule is Cc1nn(CC(=O)N[C@@H](C)C23CC4CC(CC(C4)C2)C3)c(=O)c2c1sc1ccccc12. The monoisotopic (exact) mass is 435 g/mol. The van der Waals surface area contributed by atoms with E-state index in [-0.39, 0.29) is 29.5 Å². The molecule has 4 bridgehead atoms. The van der Waals surface area contributed by atoms with Crippen molar-refractivity contribution in [3.8, 4) is 0 Å². The molecule has 162 valence electrons. The summed E-state index contributed by atoms with van der Waals surface area (Å²) in [7, 11) is 0. The Morgan fingerprint density at radius 3 is 2.52 bits per heavy atom. The van der Waals surface area contributed by atoms with E-state index in [4.69, 9.17) is 0 Å². The lowest BCUT2D eigenvalue weighted by molar-refractivity contribution is -0.126. The van der Waals surface area contributed by atoms with Gasteiger partial charge in [0.25, 0.3) is 5.56 Å². The van der Waals surface area contributed by atoms with Gasteiger partial charge in [0.05, 0.1) is 15.8 Å². The molecule has 31 heavy (non-hydrogen) atoms. The van der Waals surface area contributed by atoms with Crippen molar-refractivity contribution in [3.63, 3.8) is 0 Å². The lowest BCUT2D eigenvalue weighted by atomic mass is 9.48. The molecular formula is C25H29N3O2S. The summed E-state index contributed by atoms with van der Waals surface area (Å²) >= 11 is 1.60. The number of amides is 1. The zero-order chi connectivity index (χ0) is 21.3. The number of benzene rings is 1. The zero-order valence-electron chi connectivity index (χ0n) is 18.2. The summed E-state index contributed by atoms with van der Waals surface area (Å²) in [5.74, 6) is 2.46. The van der Waals surface area contributed by atoms with Crippen molar-refractivity contribution < 1.29 is 4.79 Å². The van der Waals surface area contributed by atoms with Crippen LogP contribution in [0, 0.1) is 30.1 Å². The van der Waals surface area contributed by atoms with Gasteiger partial charge < -0.3 is 5.32 Å². The molecule has 0 radical (unpaired) electrons. The van der Waals surface area contributed by atoms with Gasteiger partial charge in [-0.1, -0.05) is 18.2 Å². The number of fused-ring (bicyclic) bond motifs is 3. The molecule has 4 aliphatic carbocycles. The van der Waals surface area contributed by atoms with Crippen LogP contribution in [0.2, 0.25) is 0 Å². The number of carbonyl (C=O) groups is 1. The van der Waals surface area contributed by atoms with Crippen LogP contribution >= 0.6 is 11.3 Å². The number of hydrogen-bond donors (Lipinski definition) is 1. The summed E-state index contributed by atoms with van der Waals surface area (Å²) in [5, 5.41) is 9.41. The lowest BCUT2D eigenvalue weighted by Gasteiger charge is -2.59. The van der Waals surface area contributed by atoms with Gasteiger partial charge in [0.2, 0.25) is 5.91 Å². The van der Waals surface area contributed by atoms with Crippen molar-refractivity contribution >= 4 is 37.4 Å². The molecule has 2 heterocycles. The van der Waals surface area contributed by atoms with E-state index in [9.17, 15) is 9.59 Å². The number of thiophene rings is 1. The summed E-state index contributed by atoms with van der Waals surface area (Å²) in [5.41, 5.74) is 0.889. The summed E-state index contributed by atoms with van der Waals surface area (Å²) in [6.07, 6.45) is 7.95. The zero-order valence-corrected chi connectivity index (χ0v) is 19.0. The third-order valence-electron chi connectivity index (χ3n) is 8.32. The van der Waals surface area contributed by atoms with E-state index in [1.807, 2.05) is 31.2 Å². The first kappa shape index (κ1) is 19.5. The van der Waals surface area contributed by atoms with Gasteiger partial charge in [-0.2, -0.15) is 5.10 Å². The Hall–Kier alpha value is -2.21. The number of rotatable bonds is 4. The Balaban J connectivity index is 1.26. The third kappa shape index (κ3) is 3.05. The number of aryl methyl sites for hydroxylation is 1. The molecule has 6 heteroatoms. The summed E-state index contributed by atoms with van der Waals surface area (Å²) in [4.78, 5) is 26.2. The molecule has 4 fully saturated rings. The van der Waals surface area contributed by atoms with Crippen LogP contribution in [-0.4, -0.2) is 21.7 Å². The van der Waals surface area contributed by atoms with Crippen molar-refractivity contribution in [1.29, 1.82) is 0 Å². The maximum absolute atomic E-state index is 13.2. The summed E-state index contributed by atoms with van der Waals surface area (Å²) < 4.78 is 3.36. The van der Waals surface area contributed by atoms with Crippen LogP contribution in [-0.2, 0) is 11.3 Å². The minimum atomic E-state index is -0.171. The molecule has 4 saturated carbocycles. The van der Waals surface area contributed by atoms with E-state index >= 15 is 0 Å². The third-order valence-corrected chi connectivity index (χ3v) is 9.60. The first-order valence-electron chi connectivity index (χ1n) is 11.6. The van der Waals surface area contributed by atoms with Gasteiger partial charge in [0.1, 0.15) is 6.54 Å². The van der Waals surface area contributed by atoms with Crippen molar-refractivity contribution in [1.82, 2.24) is 15.1 Å². The van der Waals surface area contributed by atoms with Crippen molar-refractivity contribution in [2.75, 3.05) is 0 Å². The molecule has 1 N–H and O–H groups in total. The highest BCUT2D eigenvalue weighted by molar-refractivity contribution is 7.26. The Morgan fingerprint density at radius 1 is 1.19 bits per heavy atom. The molecule has 4 aliphatic rings. The van der Waals surface area contributed by atoms with Gasteiger partial charge >= 0.3 is 0 Å². The fourth-order valence-electron chi connectivity index (χ4n) is 7.30. The van der Waals surface area contributed by atoms with Crippen LogP contribution in [0.1, 0.15) is 51.1 Å². The number of nitrogens with one attached hydrogen (secondary N) is 1. The molecule has 2 aromatic heterocycles. The summed E-state index contributed by atoms with van der Waals surface area (Å²) in [6.45, 7) is 4.09. The largest absolute Gasteiger partial charge is 0.351 e. The number of nitrogens with zero attached hydrogens (tertiary/aromatic N) is 2. The van der Waals surface area contributed by atoms with Crippen LogP contribution < -0.4 is 10.9 Å². The molecule has 0 spiro atoms. The van der Waals surface area contributed by atoms with Gasteiger partial charge in [-0.25, -0.2) is 4.68 Å². The van der Waals surface area contributed by atoms with Crippen LogP contribution in [0.15, 0.2) is 29.1 Å². The average molecular weight is 436 g/mol. The second-order valence-corrected chi connectivity index (χ2v) is 11.5. The Labute approximate surface area is 185 Å². The first-order valence-corrected chi connectivity index (χ1v) is 12.4. The fraction of sp³-hybridized carbons (Fsp3) is 0.560. The normalized spacial score (nSPS) is 30.2. The van der Waals surface area contributed by atoms with E-state index in [2.05, 4.69) is 17.3 Å². The molecule has 3 aromatic rings. The highest BCUT2D eigenvalue weighted by Gasteiger charge is 2.53. The molecule has 1 atom stereocenters. The molecule has 0 unspecified atom stereocenters. The molecule has 1 aromatic carbocycles. The molecule has 5 nitrogen and oxygen atoms in total. The predicted octanol–water partition coefficient (Wildman–Crippen LogP) is 4.64. The molecular weight excluding hydrogens is 406 g/mol. The van der Waals surface area contributed by atoms with E-state index in [0.29, 0.717) is 5.39 Å². The van der Waals surface area contributed by atoms with Gasteiger partial charge in [0, 0.05) is 16.1 Å². The smallest absolute Gasteiger partial charge is 0.276 e. The van der Waals surface area contributed by atoms with Gasteiger partial charge in [0.15, 0.2) is 0 Å². The van der Waals surface area contributed by atoms with Gasteiger partial charge in [-0.15, -0.1) is 11.3 Å². The molecule has 1 amide bonds. The van der Waals surface area contributed by atoms with Gasteiger partial charge in [-0.3, -0.25) is 9.59 Å². The van der Waals surface area contributed by atoms with E-state index in [1.165, 1.54) is 43.2 Å². The second-order valence-electron chi connectivity index (χ2n) is 10.4. The molecule has 0 saturated heterocycles. The fourth-order valence-corrected chi connectivity index (χ4v) is 8.44. The number of hydrogen-bond acceptors (Lipinski definition) is 4. The Bertz CT molecular complexity index is 1220. The van der Waals surface area contributed by atoms with Gasteiger partial charge in [-0.05, 0) is 81.6 Å². The van der Waals surface area contributed by atoms with Crippen molar-refractivity contribution in [3.05, 3.63) is 40.3 Å². The Kier molecular flexibility index (Phi) is 4.33. The summed E-state index contributed by atoms with van der Waals surface area (Å²) in [6, 6.07) is 8.10. The lowest BCUT2D eigenvalue weighted by Crippen LogP contribution is -2.56. The predicted molar refractivity (Wildman–Crippen MR) is 124 cm³/mol. The van der Waals surface area contributed by atoms with Crippen LogP contribution in [0.25, 0.3) is 20.2 Å². The van der Waals surface area contributed by atoms with E-state index in [0.717, 1.165) is 38.2 Å². The highest BCUT2D eigenvalue weighted by Crippen LogP contribution is 2.61. The maximum Gasteiger partial charge on any atom is 0.276 e. The number of aromatic nitrogens is 2. The van der Waals surface area contributed by atoms with Crippen molar-refractivity contribution in [2.24, 2.45) is 23.2 Å². The molecule has 0 aliphatic heterocycles. The first-order chi connectivity index (χ1) is 14.9.